The van der Waals surface area contributed by atoms with Crippen LogP contribution in [0.4, 0.5) is 11.5 Å². The van der Waals surface area contributed by atoms with E-state index in [-0.39, 0.29) is 5.56 Å². The number of carboxylic acid groups (broad SMARTS) is 1. The van der Waals surface area contributed by atoms with Gasteiger partial charge in [-0.1, -0.05) is 18.2 Å². The van der Waals surface area contributed by atoms with Gasteiger partial charge < -0.3 is 10.0 Å². The Balaban J connectivity index is 2.46. The lowest BCUT2D eigenvalue weighted by molar-refractivity contribution is 0.0695. The number of pyridine rings is 1. The van der Waals surface area contributed by atoms with E-state index in [4.69, 9.17) is 5.11 Å². The summed E-state index contributed by atoms with van der Waals surface area (Å²) in [5.74, 6) is -0.176. The predicted molar refractivity (Wildman–Crippen MR) is 79.8 cm³/mol. The Labute approximate surface area is 118 Å². The van der Waals surface area contributed by atoms with E-state index in [0.717, 1.165) is 23.6 Å². The van der Waals surface area contributed by atoms with Crippen molar-refractivity contribution in [1.82, 2.24) is 4.98 Å². The summed E-state index contributed by atoms with van der Waals surface area (Å²) in [5.41, 5.74) is 3.03. The van der Waals surface area contributed by atoms with E-state index >= 15 is 0 Å². The van der Waals surface area contributed by atoms with E-state index in [1.807, 2.05) is 18.2 Å². The molecular formula is C16H18N2O2. The molecule has 0 radical (unpaired) electrons. The lowest BCUT2D eigenvalue weighted by Crippen LogP contribution is -2.19. The Kier molecular flexibility index (Phi) is 4.03. The standard InChI is InChI=1S/C16H18N2O2/c1-4-18(14-8-6-5-7-11(14)2)15-10-9-13(16(19)20)12(3)17-15/h5-10H,4H2,1-3H3,(H,19,20). The van der Waals surface area contributed by atoms with Gasteiger partial charge in [0.25, 0.3) is 0 Å². The largest absolute Gasteiger partial charge is 0.478 e. The number of hydrogen-bond acceptors (Lipinski definition) is 3. The average molecular weight is 270 g/mol. The highest BCUT2D eigenvalue weighted by molar-refractivity contribution is 5.89. The van der Waals surface area contributed by atoms with Gasteiger partial charge in [-0.15, -0.1) is 0 Å². The average Bonchev–Trinajstić information content (AvgIpc) is 2.41. The quantitative estimate of drug-likeness (QED) is 0.923. The lowest BCUT2D eigenvalue weighted by Gasteiger charge is -2.24. The van der Waals surface area contributed by atoms with Gasteiger partial charge in [0.1, 0.15) is 5.82 Å². The molecule has 0 atom stereocenters. The van der Waals surface area contributed by atoms with Crippen molar-refractivity contribution in [2.75, 3.05) is 11.4 Å². The maximum Gasteiger partial charge on any atom is 0.337 e. The van der Waals surface area contributed by atoms with Gasteiger partial charge >= 0.3 is 5.97 Å². The summed E-state index contributed by atoms with van der Waals surface area (Å²) >= 11 is 0. The Morgan fingerprint density at radius 3 is 2.45 bits per heavy atom. The number of carbonyl (C=O) groups is 1. The van der Waals surface area contributed by atoms with E-state index < -0.39 is 5.97 Å². The highest BCUT2D eigenvalue weighted by atomic mass is 16.4. The number of carboxylic acids is 1. The zero-order valence-electron chi connectivity index (χ0n) is 11.9. The third-order valence-electron chi connectivity index (χ3n) is 3.30. The Hall–Kier alpha value is -2.36. The topological polar surface area (TPSA) is 53.4 Å². The highest BCUT2D eigenvalue weighted by Crippen LogP contribution is 2.27. The molecule has 0 unspecified atom stereocenters. The molecule has 0 fully saturated rings. The zero-order chi connectivity index (χ0) is 14.7. The molecular weight excluding hydrogens is 252 g/mol. The Bertz CT molecular complexity index is 638. The van der Waals surface area contributed by atoms with Crippen molar-refractivity contribution in [2.45, 2.75) is 20.8 Å². The smallest absolute Gasteiger partial charge is 0.337 e. The van der Waals surface area contributed by atoms with E-state index in [2.05, 4.69) is 29.8 Å². The number of benzene rings is 1. The Morgan fingerprint density at radius 2 is 1.90 bits per heavy atom. The third kappa shape index (κ3) is 2.64. The number of aryl methyl sites for hydroxylation is 2. The molecule has 20 heavy (non-hydrogen) atoms. The normalized spacial score (nSPS) is 10.3. The van der Waals surface area contributed by atoms with Crippen LogP contribution >= 0.6 is 0 Å². The molecule has 0 spiro atoms. The van der Waals surface area contributed by atoms with Crippen molar-refractivity contribution in [1.29, 1.82) is 0 Å². The molecule has 1 heterocycles. The Morgan fingerprint density at radius 1 is 1.20 bits per heavy atom. The number of aromatic nitrogens is 1. The second-order valence-electron chi connectivity index (χ2n) is 4.64. The molecule has 4 heteroatoms. The number of anilines is 2. The van der Waals surface area contributed by atoms with Gasteiger partial charge in [0.05, 0.1) is 11.3 Å². The summed E-state index contributed by atoms with van der Waals surface area (Å²) in [6.45, 7) is 6.59. The minimum absolute atomic E-state index is 0.245. The van der Waals surface area contributed by atoms with Crippen molar-refractivity contribution in [3.8, 4) is 0 Å². The van der Waals surface area contributed by atoms with Crippen molar-refractivity contribution < 1.29 is 9.90 Å². The SMILES string of the molecule is CCN(c1ccc(C(=O)O)c(C)n1)c1ccccc1C. The van der Waals surface area contributed by atoms with E-state index in [1.165, 1.54) is 0 Å². The molecule has 0 bridgehead atoms. The maximum absolute atomic E-state index is 11.0. The maximum atomic E-state index is 11.0. The molecule has 0 saturated carbocycles. The van der Waals surface area contributed by atoms with E-state index in [0.29, 0.717) is 5.69 Å². The molecule has 1 N–H and O–H groups in total. The van der Waals surface area contributed by atoms with Crippen LogP contribution in [-0.4, -0.2) is 22.6 Å². The van der Waals surface area contributed by atoms with Gasteiger partial charge in [-0.2, -0.15) is 0 Å². The minimum atomic E-state index is -0.944. The first-order valence-electron chi connectivity index (χ1n) is 6.58. The summed E-state index contributed by atoms with van der Waals surface area (Å²) in [6, 6.07) is 11.5. The molecule has 1 aromatic heterocycles. The highest BCUT2D eigenvalue weighted by Gasteiger charge is 2.14. The number of para-hydroxylation sites is 1. The van der Waals surface area contributed by atoms with Crippen LogP contribution in [0.2, 0.25) is 0 Å². The molecule has 104 valence electrons. The molecule has 1 aromatic carbocycles. The monoisotopic (exact) mass is 270 g/mol. The van der Waals surface area contributed by atoms with Crippen LogP contribution in [0.5, 0.6) is 0 Å². The van der Waals surface area contributed by atoms with Crippen molar-refractivity contribution >= 4 is 17.5 Å². The van der Waals surface area contributed by atoms with Crippen LogP contribution < -0.4 is 4.90 Å². The van der Waals surface area contributed by atoms with Gasteiger partial charge in [-0.05, 0) is 44.5 Å². The number of rotatable bonds is 4. The van der Waals surface area contributed by atoms with Crippen LogP contribution in [0.15, 0.2) is 36.4 Å². The predicted octanol–water partition coefficient (Wildman–Crippen LogP) is 3.55. The molecule has 0 aliphatic carbocycles. The fraction of sp³-hybridized carbons (Fsp3) is 0.250. The van der Waals surface area contributed by atoms with Crippen molar-refractivity contribution in [3.05, 3.63) is 53.2 Å². The van der Waals surface area contributed by atoms with Gasteiger partial charge in [0.15, 0.2) is 0 Å². The van der Waals surface area contributed by atoms with Crippen LogP contribution in [0, 0.1) is 13.8 Å². The van der Waals surface area contributed by atoms with Crippen LogP contribution in [0.3, 0.4) is 0 Å². The lowest BCUT2D eigenvalue weighted by atomic mass is 10.1. The third-order valence-corrected chi connectivity index (χ3v) is 3.30. The fourth-order valence-electron chi connectivity index (χ4n) is 2.25. The van der Waals surface area contributed by atoms with E-state index in [9.17, 15) is 4.79 Å². The first kappa shape index (κ1) is 14.1. The summed E-state index contributed by atoms with van der Waals surface area (Å²) in [6.07, 6.45) is 0. The van der Waals surface area contributed by atoms with Gasteiger partial charge in [0.2, 0.25) is 0 Å². The second-order valence-corrected chi connectivity index (χ2v) is 4.64. The minimum Gasteiger partial charge on any atom is -0.478 e. The second kappa shape index (κ2) is 5.74. The number of hydrogen-bond donors (Lipinski definition) is 1. The van der Waals surface area contributed by atoms with Crippen LogP contribution in [0.1, 0.15) is 28.5 Å². The molecule has 0 aliphatic rings. The van der Waals surface area contributed by atoms with Crippen molar-refractivity contribution in [2.24, 2.45) is 0 Å². The van der Waals surface area contributed by atoms with Crippen LogP contribution in [0.25, 0.3) is 0 Å². The molecule has 0 aliphatic heterocycles. The van der Waals surface area contributed by atoms with Gasteiger partial charge in [-0.3, -0.25) is 0 Å². The van der Waals surface area contributed by atoms with Crippen molar-refractivity contribution in [3.63, 3.8) is 0 Å². The van der Waals surface area contributed by atoms with E-state index in [1.54, 1.807) is 19.1 Å². The van der Waals surface area contributed by atoms with Gasteiger partial charge in [-0.25, -0.2) is 9.78 Å². The molecule has 0 amide bonds. The number of aromatic carboxylic acids is 1. The zero-order valence-corrected chi connectivity index (χ0v) is 11.9. The number of nitrogens with zero attached hydrogens (tertiary/aromatic N) is 2. The summed E-state index contributed by atoms with van der Waals surface area (Å²) < 4.78 is 0. The summed E-state index contributed by atoms with van der Waals surface area (Å²) in [7, 11) is 0. The van der Waals surface area contributed by atoms with Gasteiger partial charge in [0, 0.05) is 12.2 Å². The molecule has 0 saturated heterocycles. The molecule has 2 rings (SSSR count). The first-order valence-corrected chi connectivity index (χ1v) is 6.58. The molecule has 2 aromatic rings. The molecule has 4 nitrogen and oxygen atoms in total. The fourth-order valence-corrected chi connectivity index (χ4v) is 2.25. The summed E-state index contributed by atoms with van der Waals surface area (Å²) in [4.78, 5) is 17.5. The van der Waals surface area contributed by atoms with Crippen LogP contribution in [-0.2, 0) is 0 Å². The first-order chi connectivity index (χ1) is 9.54. The summed E-state index contributed by atoms with van der Waals surface area (Å²) in [5, 5.41) is 9.06.